The Bertz CT molecular complexity index is 437. The average Bonchev–Trinajstić information content (AvgIpc) is 2.27. The van der Waals surface area contributed by atoms with Gasteiger partial charge in [-0.05, 0) is 24.5 Å². The average molecular weight is 269 g/mol. The summed E-state index contributed by atoms with van der Waals surface area (Å²) in [7, 11) is 0. The van der Waals surface area contributed by atoms with E-state index in [1.54, 1.807) is 11.8 Å². The summed E-state index contributed by atoms with van der Waals surface area (Å²) in [5, 5.41) is 9.36. The molecule has 3 nitrogen and oxygen atoms in total. The predicted octanol–water partition coefficient (Wildman–Crippen LogP) is 2.79. The molecule has 5 heteroatoms. The van der Waals surface area contributed by atoms with Crippen LogP contribution < -0.4 is 4.90 Å². The molecular formula is C12H15NO2S2. The molecule has 1 aliphatic rings. The minimum Gasteiger partial charge on any atom is -0.480 e. The maximum absolute atomic E-state index is 10.9. The molecule has 92 valence electrons. The van der Waals surface area contributed by atoms with Crippen molar-refractivity contribution in [2.75, 3.05) is 24.2 Å². The molecule has 1 aromatic rings. The molecule has 0 aromatic heterocycles. The number of carboxylic acid groups (broad SMARTS) is 1. The molecule has 0 amide bonds. The molecule has 0 saturated carbocycles. The Morgan fingerprint density at radius 3 is 3.06 bits per heavy atom. The molecule has 0 saturated heterocycles. The van der Waals surface area contributed by atoms with E-state index in [0.717, 1.165) is 12.2 Å². The fraction of sp³-hybridized carbons (Fsp3) is 0.417. The molecule has 0 fully saturated rings. The van der Waals surface area contributed by atoms with Gasteiger partial charge in [-0.2, -0.15) is 0 Å². The van der Waals surface area contributed by atoms with Crippen LogP contribution in [-0.4, -0.2) is 35.7 Å². The number of aliphatic carboxylic acids is 1. The number of carboxylic acids is 1. The van der Waals surface area contributed by atoms with Crippen LogP contribution in [0.1, 0.15) is 6.92 Å². The summed E-state index contributed by atoms with van der Waals surface area (Å²) in [5.41, 5.74) is 1.05. The van der Waals surface area contributed by atoms with Crippen LogP contribution in [0.3, 0.4) is 0 Å². The van der Waals surface area contributed by atoms with Gasteiger partial charge in [0, 0.05) is 21.6 Å². The van der Waals surface area contributed by atoms with Crippen molar-refractivity contribution in [2.45, 2.75) is 22.0 Å². The lowest BCUT2D eigenvalue weighted by molar-refractivity contribution is -0.135. The Morgan fingerprint density at radius 2 is 2.41 bits per heavy atom. The van der Waals surface area contributed by atoms with Crippen LogP contribution in [0.2, 0.25) is 0 Å². The maximum Gasteiger partial charge on any atom is 0.323 e. The van der Waals surface area contributed by atoms with Crippen molar-refractivity contribution in [2.24, 2.45) is 0 Å². The molecule has 0 aliphatic carbocycles. The number of hydrogen-bond acceptors (Lipinski definition) is 4. The highest BCUT2D eigenvalue weighted by atomic mass is 32.2. The zero-order chi connectivity index (χ0) is 12.4. The molecule has 0 bridgehead atoms. The highest BCUT2D eigenvalue weighted by Crippen LogP contribution is 2.40. The molecule has 0 radical (unpaired) electrons. The van der Waals surface area contributed by atoms with E-state index < -0.39 is 5.97 Å². The Hall–Kier alpha value is -0.810. The quantitative estimate of drug-likeness (QED) is 0.854. The minimum atomic E-state index is -0.774. The molecule has 17 heavy (non-hydrogen) atoms. The van der Waals surface area contributed by atoms with E-state index in [-0.39, 0.29) is 6.54 Å². The first kappa shape index (κ1) is 12.6. The minimum absolute atomic E-state index is 0.0799. The molecule has 1 unspecified atom stereocenters. The highest BCUT2D eigenvalue weighted by Gasteiger charge is 2.23. The number of hydrogen-bond donors (Lipinski definition) is 1. The van der Waals surface area contributed by atoms with Crippen LogP contribution in [0.5, 0.6) is 0 Å². The summed E-state index contributed by atoms with van der Waals surface area (Å²) in [6.07, 6.45) is 2.05. The topological polar surface area (TPSA) is 40.5 Å². The molecule has 1 heterocycles. The monoisotopic (exact) mass is 269 g/mol. The van der Waals surface area contributed by atoms with Gasteiger partial charge < -0.3 is 10.0 Å². The Morgan fingerprint density at radius 1 is 1.65 bits per heavy atom. The van der Waals surface area contributed by atoms with Gasteiger partial charge in [0.1, 0.15) is 6.54 Å². The first-order valence-corrected chi connectivity index (χ1v) is 7.52. The first-order valence-electron chi connectivity index (χ1n) is 5.41. The number of anilines is 1. The fourth-order valence-corrected chi connectivity index (χ4v) is 3.67. The van der Waals surface area contributed by atoms with Gasteiger partial charge >= 0.3 is 5.97 Å². The normalized spacial score (nSPS) is 18.9. The first-order chi connectivity index (χ1) is 8.10. The number of thioether (sulfide) groups is 2. The lowest BCUT2D eigenvalue weighted by Crippen LogP contribution is -2.37. The lowest BCUT2D eigenvalue weighted by atomic mass is 10.2. The van der Waals surface area contributed by atoms with Crippen LogP contribution in [-0.2, 0) is 4.79 Å². The summed E-state index contributed by atoms with van der Waals surface area (Å²) in [4.78, 5) is 15.2. The number of rotatable bonds is 3. The van der Waals surface area contributed by atoms with Gasteiger partial charge in [0.2, 0.25) is 0 Å². The second kappa shape index (κ2) is 5.23. The molecule has 1 N–H and O–H groups in total. The third-order valence-corrected chi connectivity index (χ3v) is 4.50. The van der Waals surface area contributed by atoms with E-state index in [1.807, 2.05) is 29.0 Å². The van der Waals surface area contributed by atoms with E-state index >= 15 is 0 Å². The number of benzene rings is 1. The lowest BCUT2D eigenvalue weighted by Gasteiger charge is -2.33. The summed E-state index contributed by atoms with van der Waals surface area (Å²) in [6.45, 7) is 3.01. The van der Waals surface area contributed by atoms with Crippen LogP contribution in [0.25, 0.3) is 0 Å². The molecule has 1 aromatic carbocycles. The van der Waals surface area contributed by atoms with E-state index in [2.05, 4.69) is 19.1 Å². The molecule has 0 spiro atoms. The van der Waals surface area contributed by atoms with Crippen molar-refractivity contribution < 1.29 is 9.90 Å². The van der Waals surface area contributed by atoms with Crippen molar-refractivity contribution in [1.29, 1.82) is 0 Å². The van der Waals surface area contributed by atoms with Crippen molar-refractivity contribution in [1.82, 2.24) is 0 Å². The second-order valence-corrected chi connectivity index (χ2v) is 6.40. The zero-order valence-corrected chi connectivity index (χ0v) is 11.5. The molecule has 1 atom stereocenters. The van der Waals surface area contributed by atoms with Gasteiger partial charge in [0.25, 0.3) is 0 Å². The Kier molecular flexibility index (Phi) is 3.89. The van der Waals surface area contributed by atoms with Crippen LogP contribution in [0.15, 0.2) is 28.0 Å². The van der Waals surface area contributed by atoms with Gasteiger partial charge in [-0.25, -0.2) is 0 Å². The van der Waals surface area contributed by atoms with E-state index in [0.29, 0.717) is 5.25 Å². The Balaban J connectivity index is 2.33. The maximum atomic E-state index is 10.9. The predicted molar refractivity (Wildman–Crippen MR) is 73.4 cm³/mol. The van der Waals surface area contributed by atoms with Crippen molar-refractivity contribution in [3.05, 3.63) is 18.2 Å². The third kappa shape index (κ3) is 2.90. The van der Waals surface area contributed by atoms with E-state index in [1.165, 1.54) is 9.79 Å². The number of carbonyl (C=O) groups is 1. The number of nitrogens with zero attached hydrogens (tertiary/aromatic N) is 1. The summed E-state index contributed by atoms with van der Waals surface area (Å²) < 4.78 is 0. The largest absolute Gasteiger partial charge is 0.480 e. The second-order valence-electron chi connectivity index (χ2n) is 4.04. The van der Waals surface area contributed by atoms with Gasteiger partial charge in [-0.1, -0.05) is 6.92 Å². The molecule has 2 rings (SSSR count). The Labute approximate surface area is 110 Å². The van der Waals surface area contributed by atoms with Crippen molar-refractivity contribution >= 4 is 35.2 Å². The van der Waals surface area contributed by atoms with Crippen molar-refractivity contribution in [3.63, 3.8) is 0 Å². The zero-order valence-electron chi connectivity index (χ0n) is 9.84. The smallest absolute Gasteiger partial charge is 0.323 e. The van der Waals surface area contributed by atoms with E-state index in [4.69, 9.17) is 5.11 Å². The van der Waals surface area contributed by atoms with Crippen LogP contribution in [0.4, 0.5) is 5.69 Å². The highest BCUT2D eigenvalue weighted by molar-refractivity contribution is 8.00. The van der Waals surface area contributed by atoms with Crippen LogP contribution in [0, 0.1) is 0 Å². The standard InChI is InChI=1S/C12H15NO2S2/c1-8-6-13(7-12(14)15)10-4-3-9(16-2)5-11(10)17-8/h3-5,8H,6-7H2,1-2H3,(H,14,15). The van der Waals surface area contributed by atoms with Gasteiger partial charge in [-0.15, -0.1) is 23.5 Å². The number of fused-ring (bicyclic) bond motifs is 1. The summed E-state index contributed by atoms with van der Waals surface area (Å²) in [5.74, 6) is -0.774. The summed E-state index contributed by atoms with van der Waals surface area (Å²) in [6, 6.07) is 6.23. The molecular weight excluding hydrogens is 254 g/mol. The van der Waals surface area contributed by atoms with Gasteiger partial charge in [0.15, 0.2) is 0 Å². The van der Waals surface area contributed by atoms with Gasteiger partial charge in [0.05, 0.1) is 5.69 Å². The summed E-state index contributed by atoms with van der Waals surface area (Å²) >= 11 is 3.53. The third-order valence-electron chi connectivity index (χ3n) is 2.64. The van der Waals surface area contributed by atoms with Gasteiger partial charge in [-0.3, -0.25) is 4.79 Å². The van der Waals surface area contributed by atoms with Crippen molar-refractivity contribution in [3.8, 4) is 0 Å². The molecule has 1 aliphatic heterocycles. The van der Waals surface area contributed by atoms with Crippen LogP contribution >= 0.6 is 23.5 Å². The SMILES string of the molecule is CSc1ccc2c(c1)SC(C)CN2CC(=O)O. The van der Waals surface area contributed by atoms with E-state index in [9.17, 15) is 4.79 Å². The fourth-order valence-electron chi connectivity index (χ4n) is 1.95.